The van der Waals surface area contributed by atoms with Crippen LogP contribution < -0.4 is 0 Å². The summed E-state index contributed by atoms with van der Waals surface area (Å²) in [6, 6.07) is 0. The van der Waals surface area contributed by atoms with Crippen LogP contribution in [0.4, 0.5) is 4.79 Å². The summed E-state index contributed by atoms with van der Waals surface area (Å²) in [7, 11) is 1.44. The number of carboxylic acid groups (broad SMARTS) is 1. The molecule has 0 spiro atoms. The number of carboxylic acids is 1. The molecule has 17 heavy (non-hydrogen) atoms. The number of rotatable bonds is 2. The van der Waals surface area contributed by atoms with Crippen LogP contribution in [0.3, 0.4) is 0 Å². The van der Waals surface area contributed by atoms with E-state index in [0.29, 0.717) is 0 Å². The molecule has 0 aromatic heterocycles. The molecule has 1 aliphatic rings. The third kappa shape index (κ3) is 3.59. The summed E-state index contributed by atoms with van der Waals surface area (Å²) in [5.41, 5.74) is -0.582. The molecule has 0 saturated carbocycles. The number of methoxy groups -OCH3 is 1. The van der Waals surface area contributed by atoms with Crippen LogP contribution in [0.1, 0.15) is 20.8 Å². The van der Waals surface area contributed by atoms with E-state index in [9.17, 15) is 9.59 Å². The second-order valence-corrected chi connectivity index (χ2v) is 5.10. The Balaban J connectivity index is 2.64. The van der Waals surface area contributed by atoms with E-state index < -0.39 is 29.7 Å². The number of hydrogen-bond donors (Lipinski definition) is 1. The number of likely N-dealkylation sites (tertiary alicyclic amines) is 1. The van der Waals surface area contributed by atoms with Crippen LogP contribution in [0.5, 0.6) is 0 Å². The highest BCUT2D eigenvalue weighted by molar-refractivity contribution is 5.75. The highest BCUT2D eigenvalue weighted by Gasteiger charge is 2.41. The Morgan fingerprint density at radius 1 is 1.29 bits per heavy atom. The maximum Gasteiger partial charge on any atom is 0.410 e. The number of aliphatic carboxylic acids is 1. The van der Waals surface area contributed by atoms with Crippen molar-refractivity contribution in [2.75, 3.05) is 20.2 Å². The molecule has 1 N–H and O–H groups in total. The van der Waals surface area contributed by atoms with Crippen molar-refractivity contribution < 1.29 is 24.2 Å². The van der Waals surface area contributed by atoms with Gasteiger partial charge in [0.05, 0.1) is 12.6 Å². The molecule has 1 fully saturated rings. The SMILES string of the molecule is CO[C@H]1CN(C(=O)OC(C)(C)C)C[C@@H]1C(=O)O. The third-order valence-corrected chi connectivity index (χ3v) is 2.54. The number of carbonyl (C=O) groups is 2. The lowest BCUT2D eigenvalue weighted by atomic mass is 10.1. The summed E-state index contributed by atoms with van der Waals surface area (Å²) in [6.07, 6.45) is -0.969. The van der Waals surface area contributed by atoms with Gasteiger partial charge in [-0.1, -0.05) is 0 Å². The van der Waals surface area contributed by atoms with E-state index in [1.807, 2.05) is 0 Å². The largest absolute Gasteiger partial charge is 0.481 e. The Morgan fingerprint density at radius 3 is 2.24 bits per heavy atom. The first-order valence-electron chi connectivity index (χ1n) is 5.48. The Morgan fingerprint density at radius 2 is 1.88 bits per heavy atom. The zero-order valence-electron chi connectivity index (χ0n) is 10.6. The van der Waals surface area contributed by atoms with Crippen LogP contribution >= 0.6 is 0 Å². The zero-order chi connectivity index (χ0) is 13.2. The van der Waals surface area contributed by atoms with Gasteiger partial charge in [-0.05, 0) is 20.8 Å². The number of hydrogen-bond acceptors (Lipinski definition) is 4. The van der Waals surface area contributed by atoms with E-state index in [1.54, 1.807) is 20.8 Å². The first-order chi connectivity index (χ1) is 7.74. The van der Waals surface area contributed by atoms with Crippen LogP contribution in [0.2, 0.25) is 0 Å². The predicted octanol–water partition coefficient (Wildman–Crippen LogP) is 0.953. The van der Waals surface area contributed by atoms with E-state index in [4.69, 9.17) is 14.6 Å². The van der Waals surface area contributed by atoms with E-state index >= 15 is 0 Å². The van der Waals surface area contributed by atoms with Gasteiger partial charge < -0.3 is 19.5 Å². The van der Waals surface area contributed by atoms with Crippen LogP contribution in [0.15, 0.2) is 0 Å². The zero-order valence-corrected chi connectivity index (χ0v) is 10.6. The number of amides is 1. The smallest absolute Gasteiger partial charge is 0.410 e. The maximum absolute atomic E-state index is 11.7. The summed E-state index contributed by atoms with van der Waals surface area (Å²) in [4.78, 5) is 24.1. The maximum atomic E-state index is 11.7. The molecular formula is C11H19NO5. The molecule has 6 heteroatoms. The minimum atomic E-state index is -0.956. The van der Waals surface area contributed by atoms with Gasteiger partial charge in [0.25, 0.3) is 0 Å². The van der Waals surface area contributed by atoms with E-state index in [0.717, 1.165) is 0 Å². The van der Waals surface area contributed by atoms with Crippen molar-refractivity contribution in [2.24, 2.45) is 5.92 Å². The molecule has 1 aliphatic heterocycles. The molecule has 6 nitrogen and oxygen atoms in total. The molecule has 2 atom stereocenters. The van der Waals surface area contributed by atoms with Gasteiger partial charge in [-0.25, -0.2) is 4.79 Å². The molecule has 0 radical (unpaired) electrons. The first-order valence-corrected chi connectivity index (χ1v) is 5.48. The fraction of sp³-hybridized carbons (Fsp3) is 0.818. The molecule has 0 aromatic rings. The Labute approximate surface area is 100 Å². The molecule has 1 amide bonds. The van der Waals surface area contributed by atoms with E-state index in [1.165, 1.54) is 12.0 Å². The first kappa shape index (κ1) is 13.8. The second kappa shape index (κ2) is 4.91. The summed E-state index contributed by atoms with van der Waals surface area (Å²) >= 11 is 0. The minimum absolute atomic E-state index is 0.128. The van der Waals surface area contributed by atoms with Gasteiger partial charge in [0.1, 0.15) is 11.5 Å². The van der Waals surface area contributed by atoms with Gasteiger partial charge in [0.15, 0.2) is 0 Å². The molecule has 0 aliphatic carbocycles. The molecule has 1 heterocycles. The Hall–Kier alpha value is -1.30. The van der Waals surface area contributed by atoms with Crippen LogP contribution in [0.25, 0.3) is 0 Å². The lowest BCUT2D eigenvalue weighted by molar-refractivity contribution is -0.144. The van der Waals surface area contributed by atoms with Crippen molar-refractivity contribution in [1.82, 2.24) is 4.90 Å². The van der Waals surface area contributed by atoms with Gasteiger partial charge in [-0.15, -0.1) is 0 Å². The quantitative estimate of drug-likeness (QED) is 0.784. The van der Waals surface area contributed by atoms with Crippen molar-refractivity contribution in [1.29, 1.82) is 0 Å². The molecule has 98 valence electrons. The molecule has 0 bridgehead atoms. The molecule has 0 unspecified atom stereocenters. The number of ether oxygens (including phenoxy) is 2. The standard InChI is InChI=1S/C11H19NO5/c1-11(2,3)17-10(15)12-5-7(9(13)14)8(6-12)16-4/h7-8H,5-6H2,1-4H3,(H,13,14)/t7-,8-/m0/s1. The fourth-order valence-corrected chi connectivity index (χ4v) is 1.73. The molecule has 1 rings (SSSR count). The fourth-order valence-electron chi connectivity index (χ4n) is 1.73. The van der Waals surface area contributed by atoms with Gasteiger partial charge in [0, 0.05) is 13.7 Å². The van der Waals surface area contributed by atoms with Crippen molar-refractivity contribution >= 4 is 12.1 Å². The normalized spacial score (nSPS) is 24.8. The average molecular weight is 245 g/mol. The summed E-state index contributed by atoms with van der Waals surface area (Å²) in [6.45, 7) is 5.68. The molecule has 0 aromatic carbocycles. The van der Waals surface area contributed by atoms with Crippen molar-refractivity contribution in [3.63, 3.8) is 0 Å². The summed E-state index contributed by atoms with van der Waals surface area (Å²) in [5.74, 6) is -1.64. The highest BCUT2D eigenvalue weighted by Crippen LogP contribution is 2.22. The Kier molecular flexibility index (Phi) is 3.98. The second-order valence-electron chi connectivity index (χ2n) is 5.10. The van der Waals surface area contributed by atoms with Gasteiger partial charge in [-0.3, -0.25) is 4.79 Å². The van der Waals surface area contributed by atoms with Crippen LogP contribution in [-0.4, -0.2) is 54.0 Å². The van der Waals surface area contributed by atoms with Gasteiger partial charge >= 0.3 is 12.1 Å². The average Bonchev–Trinajstić information content (AvgIpc) is 2.58. The number of nitrogens with zero attached hydrogens (tertiary/aromatic N) is 1. The minimum Gasteiger partial charge on any atom is -0.481 e. The van der Waals surface area contributed by atoms with Crippen molar-refractivity contribution in [3.05, 3.63) is 0 Å². The topological polar surface area (TPSA) is 76.1 Å². The molecular weight excluding hydrogens is 226 g/mol. The van der Waals surface area contributed by atoms with Crippen molar-refractivity contribution in [2.45, 2.75) is 32.5 Å². The van der Waals surface area contributed by atoms with Crippen LogP contribution in [0, 0.1) is 5.92 Å². The molecule has 1 saturated heterocycles. The lowest BCUT2D eigenvalue weighted by Gasteiger charge is -2.24. The van der Waals surface area contributed by atoms with Gasteiger partial charge in [-0.2, -0.15) is 0 Å². The summed E-state index contributed by atoms with van der Waals surface area (Å²) in [5, 5.41) is 8.99. The van der Waals surface area contributed by atoms with E-state index in [-0.39, 0.29) is 13.1 Å². The van der Waals surface area contributed by atoms with Crippen molar-refractivity contribution in [3.8, 4) is 0 Å². The van der Waals surface area contributed by atoms with Gasteiger partial charge in [0.2, 0.25) is 0 Å². The third-order valence-electron chi connectivity index (χ3n) is 2.54. The highest BCUT2D eigenvalue weighted by atomic mass is 16.6. The monoisotopic (exact) mass is 245 g/mol. The number of carbonyl (C=O) groups excluding carboxylic acids is 1. The summed E-state index contributed by atoms with van der Waals surface area (Å²) < 4.78 is 10.2. The predicted molar refractivity (Wildman–Crippen MR) is 59.7 cm³/mol. The lowest BCUT2D eigenvalue weighted by Crippen LogP contribution is -2.36. The Bertz CT molecular complexity index is 309. The van der Waals surface area contributed by atoms with Crippen LogP contribution in [-0.2, 0) is 14.3 Å². The van der Waals surface area contributed by atoms with E-state index in [2.05, 4.69) is 0 Å².